The van der Waals surface area contributed by atoms with Gasteiger partial charge in [0.1, 0.15) is 18.2 Å². The van der Waals surface area contributed by atoms with E-state index in [-0.39, 0.29) is 29.5 Å². The number of imidazole rings is 1. The molecule has 0 aromatic carbocycles. The SMILES string of the molecule is CC(=O)OC[C@H]1O[C@@H](n2cnc3c(N)nc(NN)nc32)[C@H](OC(C)=O)[C@@H]1OC(C)=O. The molecule has 0 spiro atoms. The van der Waals surface area contributed by atoms with Gasteiger partial charge < -0.3 is 24.7 Å². The van der Waals surface area contributed by atoms with E-state index in [9.17, 15) is 14.4 Å². The molecule has 1 aliphatic rings. The predicted octanol–water partition coefficient (Wildman–Crippen LogP) is -0.982. The van der Waals surface area contributed by atoms with Gasteiger partial charge >= 0.3 is 17.9 Å². The van der Waals surface area contributed by atoms with Crippen molar-refractivity contribution in [3.05, 3.63) is 6.33 Å². The number of carbonyl (C=O) groups excluding carboxylic acids is 3. The summed E-state index contributed by atoms with van der Waals surface area (Å²) in [6.07, 6.45) is -2.73. The maximum Gasteiger partial charge on any atom is 0.303 e. The number of esters is 3. The number of hydrazine groups is 1. The van der Waals surface area contributed by atoms with Crippen molar-refractivity contribution in [2.75, 3.05) is 17.8 Å². The first-order valence-electron chi connectivity index (χ1n) is 8.81. The molecule has 14 nitrogen and oxygen atoms in total. The van der Waals surface area contributed by atoms with Gasteiger partial charge in [-0.3, -0.25) is 24.4 Å². The summed E-state index contributed by atoms with van der Waals surface area (Å²) in [6, 6.07) is 0. The van der Waals surface area contributed by atoms with Gasteiger partial charge in [0.2, 0.25) is 5.95 Å². The number of fused-ring (bicyclic) bond motifs is 1. The number of nitrogens with one attached hydrogen (secondary N) is 1. The molecule has 162 valence electrons. The molecule has 4 atom stereocenters. The Labute approximate surface area is 169 Å². The van der Waals surface area contributed by atoms with Crippen molar-refractivity contribution < 1.29 is 33.3 Å². The van der Waals surface area contributed by atoms with Gasteiger partial charge in [-0.1, -0.05) is 0 Å². The summed E-state index contributed by atoms with van der Waals surface area (Å²) < 4.78 is 23.1. The van der Waals surface area contributed by atoms with Crippen LogP contribution in [0.2, 0.25) is 0 Å². The molecule has 2 aromatic heterocycles. The monoisotopic (exact) mass is 423 g/mol. The fourth-order valence-corrected chi connectivity index (χ4v) is 3.11. The average Bonchev–Trinajstić information content (AvgIpc) is 3.21. The minimum Gasteiger partial charge on any atom is -0.463 e. The number of hydrogen-bond acceptors (Lipinski definition) is 13. The highest BCUT2D eigenvalue weighted by Gasteiger charge is 2.51. The van der Waals surface area contributed by atoms with Crippen molar-refractivity contribution in [2.24, 2.45) is 5.84 Å². The zero-order valence-electron chi connectivity index (χ0n) is 16.4. The molecule has 2 aromatic rings. The van der Waals surface area contributed by atoms with Crippen LogP contribution in [0.15, 0.2) is 6.33 Å². The number of nitrogen functional groups attached to an aromatic ring is 2. The third-order valence-electron chi connectivity index (χ3n) is 4.19. The fourth-order valence-electron chi connectivity index (χ4n) is 3.11. The number of nitrogens with zero attached hydrogens (tertiary/aromatic N) is 4. The van der Waals surface area contributed by atoms with Gasteiger partial charge in [0.05, 0.1) is 6.33 Å². The number of anilines is 2. The zero-order valence-corrected chi connectivity index (χ0v) is 16.4. The molecular formula is C16H21N7O7. The van der Waals surface area contributed by atoms with Gasteiger partial charge in [0.15, 0.2) is 29.9 Å². The molecule has 5 N–H and O–H groups in total. The first-order chi connectivity index (χ1) is 14.2. The largest absolute Gasteiger partial charge is 0.463 e. The number of carbonyl (C=O) groups is 3. The number of hydrogen-bond donors (Lipinski definition) is 3. The number of nitrogens with two attached hydrogens (primary N) is 2. The molecule has 0 amide bonds. The molecule has 0 bridgehead atoms. The lowest BCUT2D eigenvalue weighted by atomic mass is 10.1. The standard InChI is InChI=1S/C16H21N7O7/c1-6(24)27-4-9-11(28-7(2)25)12(29-8(3)26)15(30-9)23-5-19-10-13(17)20-16(22-18)21-14(10)23/h5,9,11-12,15H,4,18H2,1-3H3,(H3,17,20,21,22)/t9-,11-,12-,15-/m1/s1. The average molecular weight is 423 g/mol. The van der Waals surface area contributed by atoms with E-state index in [1.54, 1.807) is 0 Å². The smallest absolute Gasteiger partial charge is 0.303 e. The van der Waals surface area contributed by atoms with E-state index >= 15 is 0 Å². The van der Waals surface area contributed by atoms with Crippen LogP contribution in [0, 0.1) is 0 Å². The van der Waals surface area contributed by atoms with E-state index in [0.29, 0.717) is 0 Å². The minimum absolute atomic E-state index is 0.0248. The van der Waals surface area contributed by atoms with Crippen molar-refractivity contribution >= 4 is 40.8 Å². The normalized spacial score (nSPS) is 23.2. The maximum absolute atomic E-state index is 11.7. The third kappa shape index (κ3) is 4.23. The molecule has 14 heteroatoms. The molecule has 0 saturated carbocycles. The van der Waals surface area contributed by atoms with Gasteiger partial charge in [0, 0.05) is 20.8 Å². The van der Waals surface area contributed by atoms with Gasteiger partial charge in [-0.05, 0) is 0 Å². The van der Waals surface area contributed by atoms with E-state index in [0.717, 1.165) is 0 Å². The van der Waals surface area contributed by atoms with Crippen molar-refractivity contribution in [2.45, 2.75) is 45.3 Å². The Kier molecular flexibility index (Phi) is 5.98. The lowest BCUT2D eigenvalue weighted by molar-refractivity contribution is -0.166. The molecule has 0 radical (unpaired) electrons. The highest BCUT2D eigenvalue weighted by molar-refractivity contribution is 5.83. The summed E-state index contributed by atoms with van der Waals surface area (Å²) in [5.41, 5.74) is 8.66. The summed E-state index contributed by atoms with van der Waals surface area (Å²) in [4.78, 5) is 47.0. The summed E-state index contributed by atoms with van der Waals surface area (Å²) in [5, 5.41) is 0. The molecule has 1 aliphatic heterocycles. The zero-order chi connectivity index (χ0) is 22.0. The van der Waals surface area contributed by atoms with Crippen LogP contribution in [0.4, 0.5) is 11.8 Å². The van der Waals surface area contributed by atoms with Gasteiger partial charge in [-0.2, -0.15) is 9.97 Å². The Balaban J connectivity index is 2.05. The highest BCUT2D eigenvalue weighted by Crippen LogP contribution is 2.36. The molecule has 0 aliphatic carbocycles. The Morgan fingerprint density at radius 1 is 1.13 bits per heavy atom. The second-order valence-corrected chi connectivity index (χ2v) is 6.42. The van der Waals surface area contributed by atoms with Crippen LogP contribution in [0.1, 0.15) is 27.0 Å². The fraction of sp³-hybridized carbons (Fsp3) is 0.500. The molecule has 1 fully saturated rings. The van der Waals surface area contributed by atoms with Crippen LogP contribution in [0.3, 0.4) is 0 Å². The van der Waals surface area contributed by atoms with Gasteiger partial charge in [0.25, 0.3) is 0 Å². The number of aromatic nitrogens is 4. The maximum atomic E-state index is 11.7. The van der Waals surface area contributed by atoms with Gasteiger partial charge in [-0.15, -0.1) is 0 Å². The Morgan fingerprint density at radius 2 is 1.80 bits per heavy atom. The summed E-state index contributed by atoms with van der Waals surface area (Å²) in [5.74, 6) is 3.63. The lowest BCUT2D eigenvalue weighted by Crippen LogP contribution is -2.40. The van der Waals surface area contributed by atoms with Crippen molar-refractivity contribution in [1.29, 1.82) is 0 Å². The van der Waals surface area contributed by atoms with Crippen LogP contribution in [-0.4, -0.2) is 62.3 Å². The summed E-state index contributed by atoms with van der Waals surface area (Å²) >= 11 is 0. The van der Waals surface area contributed by atoms with E-state index in [1.165, 1.54) is 31.7 Å². The first kappa shape index (κ1) is 21.2. The predicted molar refractivity (Wildman–Crippen MR) is 99.2 cm³/mol. The summed E-state index contributed by atoms with van der Waals surface area (Å²) in [6.45, 7) is 3.38. The van der Waals surface area contributed by atoms with Gasteiger partial charge in [-0.25, -0.2) is 10.8 Å². The second kappa shape index (κ2) is 8.46. The lowest BCUT2D eigenvalue weighted by Gasteiger charge is -2.23. The molecular weight excluding hydrogens is 402 g/mol. The summed E-state index contributed by atoms with van der Waals surface area (Å²) in [7, 11) is 0. The van der Waals surface area contributed by atoms with E-state index in [1.807, 2.05) is 0 Å². The van der Waals surface area contributed by atoms with Crippen LogP contribution in [-0.2, 0) is 33.3 Å². The van der Waals surface area contributed by atoms with Crippen molar-refractivity contribution in [3.8, 4) is 0 Å². The van der Waals surface area contributed by atoms with Crippen LogP contribution >= 0.6 is 0 Å². The third-order valence-corrected chi connectivity index (χ3v) is 4.19. The van der Waals surface area contributed by atoms with Crippen LogP contribution < -0.4 is 17.0 Å². The van der Waals surface area contributed by atoms with Crippen LogP contribution in [0.25, 0.3) is 11.2 Å². The number of rotatable bonds is 6. The van der Waals surface area contributed by atoms with Crippen LogP contribution in [0.5, 0.6) is 0 Å². The molecule has 30 heavy (non-hydrogen) atoms. The van der Waals surface area contributed by atoms with Crippen molar-refractivity contribution in [3.63, 3.8) is 0 Å². The molecule has 1 saturated heterocycles. The first-order valence-corrected chi connectivity index (χ1v) is 8.81. The Bertz CT molecular complexity index is 978. The van der Waals surface area contributed by atoms with Crippen molar-refractivity contribution in [1.82, 2.24) is 19.5 Å². The number of ether oxygens (including phenoxy) is 4. The Morgan fingerprint density at radius 3 is 2.40 bits per heavy atom. The molecule has 3 rings (SSSR count). The van der Waals surface area contributed by atoms with E-state index < -0.39 is 42.4 Å². The molecule has 3 heterocycles. The minimum atomic E-state index is -1.09. The quantitative estimate of drug-likeness (QED) is 0.222. The molecule has 0 unspecified atom stereocenters. The van der Waals surface area contributed by atoms with E-state index in [4.69, 9.17) is 30.5 Å². The topological polar surface area (TPSA) is 196 Å². The Hall–Kier alpha value is -3.52. The second-order valence-electron chi connectivity index (χ2n) is 6.42. The highest BCUT2D eigenvalue weighted by atomic mass is 16.7. The van der Waals surface area contributed by atoms with E-state index in [2.05, 4.69) is 20.4 Å².